The third-order valence-corrected chi connectivity index (χ3v) is 12.6. The quantitative estimate of drug-likeness (QED) is 0.0243. The molecule has 0 fully saturated rings. The normalized spacial score (nSPS) is 14.4. The summed E-state index contributed by atoms with van der Waals surface area (Å²) >= 11 is 0. The summed E-state index contributed by atoms with van der Waals surface area (Å²) in [4.78, 5) is 23.2. The third kappa shape index (κ3) is 46.5. The second kappa shape index (κ2) is 43.9. The number of phosphoric ester groups is 1. The number of nitrogens with zero attached hydrogens (tertiary/aromatic N) is 1. The van der Waals surface area contributed by atoms with Gasteiger partial charge in [0.25, 0.3) is 0 Å². The van der Waals surface area contributed by atoms with Gasteiger partial charge in [0.1, 0.15) is 13.2 Å². The number of carbonyl (C=O) groups excluding carboxylic acids is 1. The summed E-state index contributed by atoms with van der Waals surface area (Å²) in [5.74, 6) is -0.188. The lowest BCUT2D eigenvalue weighted by molar-refractivity contribution is -0.870. The van der Waals surface area contributed by atoms with Crippen molar-refractivity contribution in [3.8, 4) is 0 Å². The SMILES string of the molecule is CCCCCCCCCCCCC/C=C/CC/C=C/CC/C=C/C(O)C(COP(=O)(O)OCC[N+](C)(C)C)NC(=O)CCCCCCCCCCCCCCCCCCCC. The van der Waals surface area contributed by atoms with Gasteiger partial charge in [0.05, 0.1) is 39.9 Å². The van der Waals surface area contributed by atoms with Crippen LogP contribution in [0.15, 0.2) is 36.5 Å². The monoisotopic (exact) mass is 882 g/mol. The van der Waals surface area contributed by atoms with E-state index in [1.807, 2.05) is 27.2 Å². The van der Waals surface area contributed by atoms with Crippen molar-refractivity contribution < 1.29 is 32.9 Å². The largest absolute Gasteiger partial charge is 0.472 e. The van der Waals surface area contributed by atoms with E-state index in [9.17, 15) is 19.4 Å². The van der Waals surface area contributed by atoms with E-state index in [2.05, 4.69) is 43.5 Å². The number of allylic oxidation sites excluding steroid dienone is 5. The summed E-state index contributed by atoms with van der Waals surface area (Å²) in [7, 11) is 1.55. The Kier molecular flexibility index (Phi) is 43.0. The molecule has 1 amide bonds. The lowest BCUT2D eigenvalue weighted by Crippen LogP contribution is -2.45. The maximum atomic E-state index is 12.9. The molecule has 0 heterocycles. The molecular formula is C52H102N2O6P+. The van der Waals surface area contributed by atoms with Gasteiger partial charge in [-0.15, -0.1) is 0 Å². The van der Waals surface area contributed by atoms with Gasteiger partial charge in [-0.05, 0) is 44.9 Å². The van der Waals surface area contributed by atoms with Crippen molar-refractivity contribution in [2.75, 3.05) is 40.9 Å². The van der Waals surface area contributed by atoms with E-state index in [4.69, 9.17) is 9.05 Å². The summed E-state index contributed by atoms with van der Waals surface area (Å²) in [6.45, 7) is 4.81. The van der Waals surface area contributed by atoms with Crippen LogP contribution in [-0.2, 0) is 18.4 Å². The van der Waals surface area contributed by atoms with E-state index >= 15 is 0 Å². The molecule has 0 aliphatic rings. The predicted octanol–water partition coefficient (Wildman–Crippen LogP) is 15.0. The number of aliphatic hydroxyl groups is 1. The van der Waals surface area contributed by atoms with Crippen LogP contribution >= 0.6 is 7.82 Å². The Morgan fingerprint density at radius 2 is 0.902 bits per heavy atom. The molecule has 0 aliphatic carbocycles. The molecule has 0 aromatic heterocycles. The molecule has 0 saturated carbocycles. The van der Waals surface area contributed by atoms with Gasteiger partial charge >= 0.3 is 7.82 Å². The van der Waals surface area contributed by atoms with E-state index < -0.39 is 20.0 Å². The number of aliphatic hydroxyl groups excluding tert-OH is 1. The molecule has 61 heavy (non-hydrogen) atoms. The Hall–Kier alpha value is -1.28. The highest BCUT2D eigenvalue weighted by atomic mass is 31.2. The van der Waals surface area contributed by atoms with Gasteiger partial charge in [-0.3, -0.25) is 13.8 Å². The van der Waals surface area contributed by atoms with Gasteiger partial charge in [0, 0.05) is 6.42 Å². The van der Waals surface area contributed by atoms with Crippen LogP contribution in [-0.4, -0.2) is 73.4 Å². The van der Waals surface area contributed by atoms with Crippen molar-refractivity contribution >= 4 is 13.7 Å². The summed E-state index contributed by atoms with van der Waals surface area (Å²) < 4.78 is 23.6. The first-order chi connectivity index (χ1) is 29.5. The first-order valence-corrected chi connectivity index (χ1v) is 27.4. The van der Waals surface area contributed by atoms with Gasteiger partial charge < -0.3 is 19.8 Å². The summed E-state index contributed by atoms with van der Waals surface area (Å²) in [5, 5.41) is 13.9. The lowest BCUT2D eigenvalue weighted by Gasteiger charge is -2.25. The van der Waals surface area contributed by atoms with Crippen molar-refractivity contribution in [3.05, 3.63) is 36.5 Å². The van der Waals surface area contributed by atoms with E-state index in [1.54, 1.807) is 6.08 Å². The van der Waals surface area contributed by atoms with Crippen LogP contribution in [0.2, 0.25) is 0 Å². The van der Waals surface area contributed by atoms with Gasteiger partial charge in [0.2, 0.25) is 5.91 Å². The fourth-order valence-electron chi connectivity index (χ4n) is 7.49. The number of hydrogen-bond acceptors (Lipinski definition) is 5. The Morgan fingerprint density at radius 3 is 1.31 bits per heavy atom. The van der Waals surface area contributed by atoms with Gasteiger partial charge in [-0.2, -0.15) is 0 Å². The maximum Gasteiger partial charge on any atom is 0.472 e. The molecular weight excluding hydrogens is 780 g/mol. The molecule has 0 bridgehead atoms. The topological polar surface area (TPSA) is 105 Å². The van der Waals surface area contributed by atoms with Crippen LogP contribution < -0.4 is 5.32 Å². The number of rotatable bonds is 47. The molecule has 9 heteroatoms. The average molecular weight is 882 g/mol. The fourth-order valence-corrected chi connectivity index (χ4v) is 8.22. The first kappa shape index (κ1) is 59.7. The lowest BCUT2D eigenvalue weighted by atomic mass is 10.0. The van der Waals surface area contributed by atoms with Crippen molar-refractivity contribution in [3.63, 3.8) is 0 Å². The second-order valence-electron chi connectivity index (χ2n) is 18.9. The van der Waals surface area contributed by atoms with Crippen molar-refractivity contribution in [2.45, 2.75) is 251 Å². The molecule has 0 aromatic rings. The zero-order valence-electron chi connectivity index (χ0n) is 40.9. The molecule has 3 atom stereocenters. The number of unbranched alkanes of at least 4 members (excludes halogenated alkanes) is 30. The summed E-state index contributed by atoms with van der Waals surface area (Å²) in [6.07, 6.45) is 55.1. The molecule has 3 unspecified atom stereocenters. The van der Waals surface area contributed by atoms with E-state index in [-0.39, 0.29) is 19.1 Å². The minimum atomic E-state index is -4.35. The van der Waals surface area contributed by atoms with Gasteiger partial charge in [-0.1, -0.05) is 224 Å². The third-order valence-electron chi connectivity index (χ3n) is 11.6. The summed E-state index contributed by atoms with van der Waals surface area (Å²) in [6, 6.07) is -0.866. The molecule has 0 aromatic carbocycles. The average Bonchev–Trinajstić information content (AvgIpc) is 3.21. The van der Waals surface area contributed by atoms with Crippen molar-refractivity contribution in [1.82, 2.24) is 5.32 Å². The van der Waals surface area contributed by atoms with Crippen molar-refractivity contribution in [2.24, 2.45) is 0 Å². The predicted molar refractivity (Wildman–Crippen MR) is 263 cm³/mol. The minimum Gasteiger partial charge on any atom is -0.387 e. The molecule has 0 rings (SSSR count). The Balaban J connectivity index is 4.37. The number of nitrogens with one attached hydrogen (secondary N) is 1. The molecule has 0 aliphatic heterocycles. The number of phosphoric acid groups is 1. The van der Waals surface area contributed by atoms with Crippen LogP contribution in [0.5, 0.6) is 0 Å². The molecule has 0 spiro atoms. The zero-order valence-corrected chi connectivity index (χ0v) is 41.8. The zero-order chi connectivity index (χ0) is 45.0. The molecule has 360 valence electrons. The van der Waals surface area contributed by atoms with Crippen LogP contribution in [0.4, 0.5) is 0 Å². The maximum absolute atomic E-state index is 12.9. The molecule has 0 radical (unpaired) electrons. The molecule has 0 saturated heterocycles. The van der Waals surface area contributed by atoms with E-state index in [1.165, 1.54) is 173 Å². The Bertz CT molecular complexity index is 1090. The number of carbonyl (C=O) groups is 1. The highest BCUT2D eigenvalue weighted by Crippen LogP contribution is 2.43. The van der Waals surface area contributed by atoms with E-state index in [0.717, 1.165) is 44.9 Å². The smallest absolute Gasteiger partial charge is 0.387 e. The number of quaternary nitrogens is 1. The number of amides is 1. The highest BCUT2D eigenvalue weighted by Gasteiger charge is 2.27. The fraction of sp³-hybridized carbons (Fsp3) is 0.865. The molecule has 3 N–H and O–H groups in total. The van der Waals surface area contributed by atoms with Crippen LogP contribution in [0.3, 0.4) is 0 Å². The van der Waals surface area contributed by atoms with Gasteiger partial charge in [0.15, 0.2) is 0 Å². The minimum absolute atomic E-state index is 0.0549. The first-order valence-electron chi connectivity index (χ1n) is 25.9. The van der Waals surface area contributed by atoms with E-state index in [0.29, 0.717) is 17.4 Å². The van der Waals surface area contributed by atoms with Crippen LogP contribution in [0.1, 0.15) is 239 Å². The number of hydrogen-bond donors (Lipinski definition) is 3. The van der Waals surface area contributed by atoms with Crippen molar-refractivity contribution in [1.29, 1.82) is 0 Å². The highest BCUT2D eigenvalue weighted by molar-refractivity contribution is 7.47. The standard InChI is InChI=1S/C52H101N2O6P/c1-6-8-10-12-14-16-18-20-22-24-26-27-28-29-31-33-35-37-39-41-43-45-51(55)50(49-60-61(57,58)59-48-47-54(3,4)5)53-52(56)46-44-42-40-38-36-34-32-30-25-23-21-19-17-15-13-11-9-7-2/h28-29,35,37,43,45,50-51,55H,6-27,30-34,36,38-42,44,46-49H2,1-5H3,(H-,53,56,57,58)/p+1/b29-28+,37-35+,45-43+. The Morgan fingerprint density at radius 1 is 0.541 bits per heavy atom. The molecule has 8 nitrogen and oxygen atoms in total. The number of likely N-dealkylation sites (N-methyl/N-ethyl adjacent to an activating group) is 1. The van der Waals surface area contributed by atoms with Gasteiger partial charge in [-0.25, -0.2) is 4.57 Å². The van der Waals surface area contributed by atoms with Crippen LogP contribution in [0, 0.1) is 0 Å². The van der Waals surface area contributed by atoms with Crippen LogP contribution in [0.25, 0.3) is 0 Å². The Labute approximate surface area is 378 Å². The summed E-state index contributed by atoms with van der Waals surface area (Å²) in [5.41, 5.74) is 0. The second-order valence-corrected chi connectivity index (χ2v) is 20.3.